The zero-order chi connectivity index (χ0) is 17.8. The fourth-order valence-corrected chi connectivity index (χ4v) is 2.94. The second kappa shape index (κ2) is 7.60. The maximum atomic E-state index is 11.8. The van der Waals surface area contributed by atoms with Crippen LogP contribution >= 0.6 is 0 Å². The highest BCUT2D eigenvalue weighted by atomic mass is 16.5. The fraction of sp³-hybridized carbons (Fsp3) is 0.381. The van der Waals surface area contributed by atoms with Crippen molar-refractivity contribution in [3.63, 3.8) is 0 Å². The molecule has 2 aromatic rings. The van der Waals surface area contributed by atoms with Crippen LogP contribution in [0.5, 0.6) is 5.75 Å². The van der Waals surface area contributed by atoms with E-state index in [1.54, 1.807) is 7.05 Å². The van der Waals surface area contributed by atoms with Crippen LogP contribution in [0, 0.1) is 6.92 Å². The zero-order valence-corrected chi connectivity index (χ0v) is 15.2. The molecule has 1 saturated carbocycles. The predicted octanol–water partition coefficient (Wildman–Crippen LogP) is 4.77. The van der Waals surface area contributed by atoms with E-state index in [0.717, 1.165) is 29.0 Å². The lowest BCUT2D eigenvalue weighted by Gasteiger charge is -2.15. The van der Waals surface area contributed by atoms with Gasteiger partial charge in [0.25, 0.3) is 0 Å². The summed E-state index contributed by atoms with van der Waals surface area (Å²) in [6.07, 6.45) is 3.49. The van der Waals surface area contributed by atoms with Crippen LogP contribution in [0.25, 0.3) is 0 Å². The van der Waals surface area contributed by atoms with E-state index in [0.29, 0.717) is 12.5 Å². The SMILES string of the molecule is CCc1ccc(OCc2ccc(C3CC3)cc2NC(=O)NC)c(C)c1. The van der Waals surface area contributed by atoms with Gasteiger partial charge in [-0.05, 0) is 60.9 Å². The molecule has 1 aliphatic rings. The Kier molecular flexibility index (Phi) is 5.27. The molecule has 2 amide bonds. The first-order valence-corrected chi connectivity index (χ1v) is 8.94. The van der Waals surface area contributed by atoms with Gasteiger partial charge in [0.2, 0.25) is 0 Å². The average molecular weight is 338 g/mol. The molecule has 1 fully saturated rings. The number of benzene rings is 2. The minimum absolute atomic E-state index is 0.210. The van der Waals surface area contributed by atoms with E-state index in [1.165, 1.54) is 24.0 Å². The molecular weight excluding hydrogens is 312 g/mol. The van der Waals surface area contributed by atoms with Gasteiger partial charge in [-0.15, -0.1) is 0 Å². The highest BCUT2D eigenvalue weighted by molar-refractivity contribution is 5.90. The van der Waals surface area contributed by atoms with Gasteiger partial charge in [-0.3, -0.25) is 0 Å². The van der Waals surface area contributed by atoms with Gasteiger partial charge in [-0.25, -0.2) is 4.79 Å². The van der Waals surface area contributed by atoms with Gasteiger partial charge in [-0.2, -0.15) is 0 Å². The Morgan fingerprint density at radius 3 is 2.64 bits per heavy atom. The molecule has 4 nitrogen and oxygen atoms in total. The first-order valence-electron chi connectivity index (χ1n) is 8.94. The van der Waals surface area contributed by atoms with E-state index < -0.39 is 0 Å². The highest BCUT2D eigenvalue weighted by Crippen LogP contribution is 2.41. The Morgan fingerprint density at radius 2 is 2.00 bits per heavy atom. The topological polar surface area (TPSA) is 50.4 Å². The normalized spacial score (nSPS) is 13.4. The van der Waals surface area contributed by atoms with Crippen LogP contribution in [0.2, 0.25) is 0 Å². The first kappa shape index (κ1) is 17.3. The Labute approximate surface area is 149 Å². The van der Waals surface area contributed by atoms with Crippen molar-refractivity contribution in [2.75, 3.05) is 12.4 Å². The van der Waals surface area contributed by atoms with Gasteiger partial charge in [-0.1, -0.05) is 31.2 Å². The van der Waals surface area contributed by atoms with Crippen molar-refractivity contribution in [1.29, 1.82) is 0 Å². The third kappa shape index (κ3) is 4.32. The number of urea groups is 1. The smallest absolute Gasteiger partial charge is 0.318 e. The summed E-state index contributed by atoms with van der Waals surface area (Å²) < 4.78 is 6.02. The van der Waals surface area contributed by atoms with Gasteiger partial charge >= 0.3 is 6.03 Å². The van der Waals surface area contributed by atoms with Crippen LogP contribution in [0.4, 0.5) is 10.5 Å². The maximum Gasteiger partial charge on any atom is 0.318 e. The molecule has 0 saturated heterocycles. The molecule has 0 spiro atoms. The quantitative estimate of drug-likeness (QED) is 0.797. The van der Waals surface area contributed by atoms with Crippen LogP contribution in [0.15, 0.2) is 36.4 Å². The van der Waals surface area contributed by atoms with Gasteiger partial charge < -0.3 is 15.4 Å². The van der Waals surface area contributed by atoms with E-state index in [-0.39, 0.29) is 6.03 Å². The van der Waals surface area contributed by atoms with E-state index >= 15 is 0 Å². The van der Waals surface area contributed by atoms with Crippen molar-refractivity contribution in [3.8, 4) is 5.75 Å². The van der Waals surface area contributed by atoms with Gasteiger partial charge in [0, 0.05) is 18.3 Å². The molecule has 0 bridgehead atoms. The molecule has 132 valence electrons. The lowest BCUT2D eigenvalue weighted by molar-refractivity contribution is 0.254. The number of amides is 2. The molecule has 3 rings (SSSR count). The van der Waals surface area contributed by atoms with Gasteiger partial charge in [0.05, 0.1) is 0 Å². The number of hydrogen-bond acceptors (Lipinski definition) is 2. The van der Waals surface area contributed by atoms with Crippen LogP contribution in [-0.2, 0) is 13.0 Å². The lowest BCUT2D eigenvalue weighted by Crippen LogP contribution is -2.25. The summed E-state index contributed by atoms with van der Waals surface area (Å²) >= 11 is 0. The summed E-state index contributed by atoms with van der Waals surface area (Å²) in [4.78, 5) is 11.8. The molecule has 25 heavy (non-hydrogen) atoms. The Hall–Kier alpha value is -2.49. The van der Waals surface area contributed by atoms with Crippen molar-refractivity contribution < 1.29 is 9.53 Å². The predicted molar refractivity (Wildman–Crippen MR) is 101 cm³/mol. The van der Waals surface area contributed by atoms with E-state index in [4.69, 9.17) is 4.74 Å². The van der Waals surface area contributed by atoms with E-state index in [9.17, 15) is 4.79 Å². The molecule has 0 aromatic heterocycles. The van der Waals surface area contributed by atoms with Crippen LogP contribution < -0.4 is 15.4 Å². The number of anilines is 1. The number of nitrogens with one attached hydrogen (secondary N) is 2. The van der Waals surface area contributed by atoms with Crippen LogP contribution in [-0.4, -0.2) is 13.1 Å². The molecule has 0 radical (unpaired) electrons. The Bertz CT molecular complexity index is 766. The molecule has 0 unspecified atom stereocenters. The number of hydrogen-bond donors (Lipinski definition) is 2. The van der Waals surface area contributed by atoms with Crippen molar-refractivity contribution in [2.24, 2.45) is 0 Å². The second-order valence-electron chi connectivity index (χ2n) is 6.64. The molecular formula is C21H26N2O2. The third-order valence-electron chi connectivity index (χ3n) is 4.69. The standard InChI is InChI=1S/C21H26N2O2/c1-4-15-5-10-20(14(2)11-15)25-13-18-9-8-17(16-6-7-16)12-19(18)23-21(24)22-3/h5,8-12,16H,4,6-7,13H2,1-3H3,(H2,22,23,24). The van der Waals surface area contributed by atoms with Crippen molar-refractivity contribution in [1.82, 2.24) is 5.32 Å². The molecule has 0 atom stereocenters. The highest BCUT2D eigenvalue weighted by Gasteiger charge is 2.24. The first-order chi connectivity index (χ1) is 12.1. The number of ether oxygens (including phenoxy) is 1. The van der Waals surface area contributed by atoms with Crippen LogP contribution in [0.3, 0.4) is 0 Å². The largest absolute Gasteiger partial charge is 0.489 e. The fourth-order valence-electron chi connectivity index (χ4n) is 2.94. The number of carbonyl (C=O) groups excluding carboxylic acids is 1. The van der Waals surface area contributed by atoms with Gasteiger partial charge in [0.1, 0.15) is 12.4 Å². The van der Waals surface area contributed by atoms with E-state index in [2.05, 4.69) is 54.8 Å². The molecule has 4 heteroatoms. The molecule has 2 aromatic carbocycles. The molecule has 0 aliphatic heterocycles. The number of carbonyl (C=O) groups is 1. The van der Waals surface area contributed by atoms with Crippen molar-refractivity contribution in [2.45, 2.75) is 45.6 Å². The van der Waals surface area contributed by atoms with E-state index in [1.807, 2.05) is 6.07 Å². The third-order valence-corrected chi connectivity index (χ3v) is 4.69. The minimum Gasteiger partial charge on any atom is -0.489 e. The summed E-state index contributed by atoms with van der Waals surface area (Å²) in [6.45, 7) is 4.64. The summed E-state index contributed by atoms with van der Waals surface area (Å²) in [5.74, 6) is 1.53. The van der Waals surface area contributed by atoms with Crippen molar-refractivity contribution >= 4 is 11.7 Å². The average Bonchev–Trinajstić information content (AvgIpc) is 3.46. The zero-order valence-electron chi connectivity index (χ0n) is 15.2. The Morgan fingerprint density at radius 1 is 1.20 bits per heavy atom. The monoisotopic (exact) mass is 338 g/mol. The number of aryl methyl sites for hydroxylation is 2. The summed E-state index contributed by atoms with van der Waals surface area (Å²) in [5.41, 5.74) is 5.53. The summed E-state index contributed by atoms with van der Waals surface area (Å²) in [7, 11) is 1.62. The molecule has 0 heterocycles. The maximum absolute atomic E-state index is 11.8. The number of rotatable bonds is 6. The second-order valence-corrected chi connectivity index (χ2v) is 6.64. The van der Waals surface area contributed by atoms with Crippen LogP contribution in [0.1, 0.15) is 47.9 Å². The molecule has 1 aliphatic carbocycles. The summed E-state index contributed by atoms with van der Waals surface area (Å²) in [5, 5.41) is 5.53. The Balaban J connectivity index is 1.77. The summed E-state index contributed by atoms with van der Waals surface area (Å²) in [6, 6.07) is 12.4. The minimum atomic E-state index is -0.210. The van der Waals surface area contributed by atoms with Gasteiger partial charge in [0.15, 0.2) is 0 Å². The molecule has 2 N–H and O–H groups in total. The van der Waals surface area contributed by atoms with Crippen molar-refractivity contribution in [3.05, 3.63) is 58.7 Å². The lowest BCUT2D eigenvalue weighted by atomic mass is 10.1.